The van der Waals surface area contributed by atoms with Gasteiger partial charge < -0.3 is 30.1 Å². The second-order valence-electron chi connectivity index (χ2n) is 7.73. The maximum atomic E-state index is 12.2. The second kappa shape index (κ2) is 11.0. The fourth-order valence-electron chi connectivity index (χ4n) is 3.27. The summed E-state index contributed by atoms with van der Waals surface area (Å²) in [7, 11) is 8.03. The first kappa shape index (κ1) is 22.1. The van der Waals surface area contributed by atoms with Gasteiger partial charge in [-0.15, -0.1) is 0 Å². The van der Waals surface area contributed by atoms with Crippen LogP contribution in [0.1, 0.15) is 11.6 Å². The lowest BCUT2D eigenvalue weighted by atomic mass is 10.0. The van der Waals surface area contributed by atoms with Crippen molar-refractivity contribution in [3.63, 3.8) is 0 Å². The van der Waals surface area contributed by atoms with Crippen LogP contribution in [-0.4, -0.2) is 85.9 Å². The first-order valence-electron chi connectivity index (χ1n) is 9.93. The zero-order chi connectivity index (χ0) is 20.5. The minimum absolute atomic E-state index is 0.0862. The Morgan fingerprint density at radius 2 is 1.71 bits per heavy atom. The summed E-state index contributed by atoms with van der Waals surface area (Å²) in [6, 6.07) is 8.46. The third-order valence-corrected chi connectivity index (χ3v) is 5.02. The summed E-state index contributed by atoms with van der Waals surface area (Å²) in [5, 5.41) is 5.50. The molecule has 1 aromatic carbocycles. The predicted octanol–water partition coefficient (Wildman–Crippen LogP) is -2.91. The molecule has 1 fully saturated rings. The van der Waals surface area contributed by atoms with Gasteiger partial charge >= 0.3 is 11.8 Å². The Bertz CT molecular complexity index is 627. The molecule has 8 heteroatoms. The van der Waals surface area contributed by atoms with Crippen molar-refractivity contribution in [2.45, 2.75) is 6.04 Å². The van der Waals surface area contributed by atoms with Gasteiger partial charge in [0.25, 0.3) is 0 Å². The molecule has 0 radical (unpaired) electrons. The molecule has 0 saturated carbocycles. The molecule has 0 bridgehead atoms. The van der Waals surface area contributed by atoms with Crippen molar-refractivity contribution in [2.24, 2.45) is 0 Å². The minimum atomic E-state index is -0.573. The van der Waals surface area contributed by atoms with Gasteiger partial charge in [-0.05, 0) is 12.1 Å². The van der Waals surface area contributed by atoms with Gasteiger partial charge in [0, 0.05) is 25.3 Å². The average Bonchev–Trinajstić information content (AvgIpc) is 2.68. The molecule has 1 aliphatic rings. The van der Waals surface area contributed by atoms with E-state index in [1.807, 2.05) is 28.2 Å². The van der Waals surface area contributed by atoms with Gasteiger partial charge in [-0.2, -0.15) is 0 Å². The van der Waals surface area contributed by atoms with Crippen LogP contribution in [-0.2, 0) is 14.3 Å². The molecule has 2 rings (SSSR count). The lowest BCUT2D eigenvalue weighted by Crippen LogP contribution is -3.15. The third kappa shape index (κ3) is 6.78. The van der Waals surface area contributed by atoms with Gasteiger partial charge in [0.15, 0.2) is 0 Å². The number of morpholine rings is 1. The van der Waals surface area contributed by atoms with Crippen molar-refractivity contribution >= 4 is 17.5 Å². The fourth-order valence-corrected chi connectivity index (χ4v) is 3.27. The van der Waals surface area contributed by atoms with E-state index >= 15 is 0 Å². The van der Waals surface area contributed by atoms with Crippen molar-refractivity contribution in [2.75, 3.05) is 79.0 Å². The van der Waals surface area contributed by atoms with E-state index < -0.39 is 11.8 Å². The largest absolute Gasteiger partial charge is 0.378 e. The minimum Gasteiger partial charge on any atom is -0.378 e. The van der Waals surface area contributed by atoms with Gasteiger partial charge in [0.05, 0.1) is 46.9 Å². The topological polar surface area (TPSA) is 79.6 Å². The molecule has 1 aromatic rings. The molecule has 0 aliphatic carbocycles. The van der Waals surface area contributed by atoms with Crippen LogP contribution in [0.3, 0.4) is 0 Å². The molecule has 2 amide bonds. The number of benzene rings is 1. The zero-order valence-electron chi connectivity index (χ0n) is 17.5. The standard InChI is InChI=1S/C20H33N5O3/c1-23(2)10-9-21-19(26)20(27)22-15-18(25-11-13-28-14-12-25)16-5-7-17(8-6-16)24(3)4/h5-8,18H,9-15H2,1-4H3,(H,21,26)(H,22,27)/p+2/t18-/m1/s1. The lowest BCUT2D eigenvalue weighted by molar-refractivity contribution is -0.937. The van der Waals surface area contributed by atoms with E-state index in [4.69, 9.17) is 4.74 Å². The van der Waals surface area contributed by atoms with Crippen LogP contribution in [0.25, 0.3) is 0 Å². The van der Waals surface area contributed by atoms with Crippen LogP contribution in [0.5, 0.6) is 0 Å². The van der Waals surface area contributed by atoms with Crippen LogP contribution in [0, 0.1) is 0 Å². The highest BCUT2D eigenvalue weighted by molar-refractivity contribution is 6.35. The van der Waals surface area contributed by atoms with Gasteiger partial charge in [-0.3, -0.25) is 9.59 Å². The summed E-state index contributed by atoms with van der Waals surface area (Å²) < 4.78 is 5.48. The molecule has 1 atom stereocenters. The van der Waals surface area contributed by atoms with E-state index in [9.17, 15) is 9.59 Å². The Morgan fingerprint density at radius 1 is 1.11 bits per heavy atom. The Kier molecular flexibility index (Phi) is 8.69. The summed E-state index contributed by atoms with van der Waals surface area (Å²) in [4.78, 5) is 28.9. The number of anilines is 1. The molecule has 28 heavy (non-hydrogen) atoms. The molecule has 0 aromatic heterocycles. The van der Waals surface area contributed by atoms with Gasteiger partial charge in [0.1, 0.15) is 19.1 Å². The number of amides is 2. The zero-order valence-corrected chi connectivity index (χ0v) is 17.5. The molecular weight excluding hydrogens is 358 g/mol. The Labute approximate surface area is 167 Å². The number of rotatable bonds is 8. The Hall–Kier alpha value is -2.16. The van der Waals surface area contributed by atoms with Crippen LogP contribution in [0.2, 0.25) is 0 Å². The smallest absolute Gasteiger partial charge is 0.309 e. The van der Waals surface area contributed by atoms with E-state index in [1.165, 1.54) is 9.80 Å². The first-order chi connectivity index (χ1) is 13.4. The quantitative estimate of drug-likeness (QED) is 0.357. The summed E-state index contributed by atoms with van der Waals surface area (Å²) >= 11 is 0. The molecule has 1 saturated heterocycles. The lowest BCUT2D eigenvalue weighted by Gasteiger charge is -2.32. The molecule has 8 nitrogen and oxygen atoms in total. The Balaban J connectivity index is 1.99. The van der Waals surface area contributed by atoms with Crippen molar-refractivity contribution in [1.29, 1.82) is 0 Å². The van der Waals surface area contributed by atoms with Crippen LogP contribution in [0.15, 0.2) is 24.3 Å². The van der Waals surface area contributed by atoms with E-state index in [1.54, 1.807) is 0 Å². The highest BCUT2D eigenvalue weighted by Crippen LogP contribution is 2.16. The van der Waals surface area contributed by atoms with Crippen LogP contribution < -0.4 is 25.3 Å². The number of carbonyl (C=O) groups excluding carboxylic acids is 2. The summed E-state index contributed by atoms with van der Waals surface area (Å²) in [6.45, 7) is 4.87. The SMILES string of the molecule is CN(C)c1ccc([C@@H](CNC(=O)C(=O)NCC[NH+](C)C)[NH+]2CCOCC2)cc1. The van der Waals surface area contributed by atoms with Crippen LogP contribution >= 0.6 is 0 Å². The molecule has 156 valence electrons. The number of nitrogens with zero attached hydrogens (tertiary/aromatic N) is 1. The Morgan fingerprint density at radius 3 is 2.29 bits per heavy atom. The monoisotopic (exact) mass is 393 g/mol. The van der Waals surface area contributed by atoms with Gasteiger partial charge in [-0.1, -0.05) is 12.1 Å². The molecule has 0 spiro atoms. The first-order valence-corrected chi connectivity index (χ1v) is 9.93. The summed E-state index contributed by atoms with van der Waals surface area (Å²) in [5.74, 6) is -1.14. The van der Waals surface area contributed by atoms with E-state index in [2.05, 4.69) is 39.8 Å². The van der Waals surface area contributed by atoms with Crippen molar-refractivity contribution in [3.05, 3.63) is 29.8 Å². The highest BCUT2D eigenvalue weighted by atomic mass is 16.5. The van der Waals surface area contributed by atoms with Crippen molar-refractivity contribution in [1.82, 2.24) is 10.6 Å². The summed E-state index contributed by atoms with van der Waals surface area (Å²) in [5.41, 5.74) is 2.28. The number of hydrogen-bond donors (Lipinski definition) is 4. The number of likely N-dealkylation sites (N-methyl/N-ethyl adjacent to an activating group) is 1. The number of nitrogens with one attached hydrogen (secondary N) is 4. The third-order valence-electron chi connectivity index (χ3n) is 5.02. The molecule has 1 heterocycles. The van der Waals surface area contributed by atoms with Crippen molar-refractivity contribution < 1.29 is 24.1 Å². The average molecular weight is 394 g/mol. The number of carbonyl (C=O) groups is 2. The van der Waals surface area contributed by atoms with Crippen molar-refractivity contribution in [3.8, 4) is 0 Å². The normalized spacial score (nSPS) is 15.9. The number of ether oxygens (including phenoxy) is 1. The van der Waals surface area contributed by atoms with Gasteiger partial charge in [0.2, 0.25) is 0 Å². The van der Waals surface area contributed by atoms with Gasteiger partial charge in [-0.25, -0.2) is 0 Å². The maximum absolute atomic E-state index is 12.2. The van der Waals surface area contributed by atoms with E-state index in [-0.39, 0.29) is 6.04 Å². The number of hydrogen-bond acceptors (Lipinski definition) is 4. The van der Waals surface area contributed by atoms with E-state index in [0.29, 0.717) is 26.3 Å². The molecule has 0 unspecified atom stereocenters. The summed E-state index contributed by atoms with van der Waals surface area (Å²) in [6.07, 6.45) is 0. The fraction of sp³-hybridized carbons (Fsp3) is 0.600. The maximum Gasteiger partial charge on any atom is 0.309 e. The highest BCUT2D eigenvalue weighted by Gasteiger charge is 2.27. The van der Waals surface area contributed by atoms with E-state index in [0.717, 1.165) is 30.9 Å². The number of quaternary nitrogens is 2. The molecule has 4 N–H and O–H groups in total. The molecule has 1 aliphatic heterocycles. The second-order valence-corrected chi connectivity index (χ2v) is 7.73. The van der Waals surface area contributed by atoms with Crippen LogP contribution in [0.4, 0.5) is 5.69 Å². The predicted molar refractivity (Wildman–Crippen MR) is 109 cm³/mol. The molecular formula is C20H35N5O3+2.